The number of aryl methyl sites for hydroxylation is 1. The quantitative estimate of drug-likeness (QED) is 0.538. The minimum absolute atomic E-state index is 0.568. The van der Waals surface area contributed by atoms with Crippen LogP contribution in [-0.4, -0.2) is 12.9 Å². The Morgan fingerprint density at radius 1 is 1.10 bits per heavy atom. The van der Waals surface area contributed by atoms with Crippen LogP contribution >= 0.6 is 18.8 Å². The van der Waals surface area contributed by atoms with Crippen LogP contribution in [0.1, 0.15) is 5.56 Å². The van der Waals surface area contributed by atoms with Gasteiger partial charge >= 0.3 is 122 Å². The average Bonchev–Trinajstić information content (AvgIpc) is 2.76. The summed E-state index contributed by atoms with van der Waals surface area (Å²) in [6.45, 7) is 2.03. The Hall–Kier alpha value is -1.53. The van der Waals surface area contributed by atoms with Crippen LogP contribution in [-0.2, 0) is 3.07 Å². The second-order valence-electron chi connectivity index (χ2n) is 4.92. The van der Waals surface area contributed by atoms with Crippen molar-refractivity contribution in [1.82, 2.24) is 4.57 Å². The van der Waals surface area contributed by atoms with E-state index in [1.807, 2.05) is 49.4 Å². The summed E-state index contributed by atoms with van der Waals surface area (Å²) in [5, 5.41) is 1.03. The van der Waals surface area contributed by atoms with E-state index in [-0.39, 0.29) is 0 Å². The number of aromatic nitrogens is 1. The van der Waals surface area contributed by atoms with Crippen LogP contribution in [0, 0.1) is 10.5 Å². The van der Waals surface area contributed by atoms with Crippen LogP contribution in [0.3, 0.4) is 0 Å². The van der Waals surface area contributed by atoms with Crippen molar-refractivity contribution < 1.29 is 6.51 Å². The van der Waals surface area contributed by atoms with Gasteiger partial charge in [0.2, 0.25) is 0 Å². The molecule has 104 valence electrons. The molecule has 0 bridgehead atoms. The third-order valence-electron chi connectivity index (χ3n) is 3.40. The monoisotopic (exact) mass is 381 g/mol. The van der Waals surface area contributed by atoms with E-state index in [1.165, 1.54) is 4.93 Å². The van der Waals surface area contributed by atoms with Crippen LogP contribution < -0.4 is 0 Å². The molecule has 0 spiro atoms. The molecule has 0 fully saturated rings. The van der Waals surface area contributed by atoms with E-state index in [1.54, 1.807) is 6.07 Å². The summed E-state index contributed by atoms with van der Waals surface area (Å²) in [6, 6.07) is 15.6. The molecule has 0 amide bonds. The Morgan fingerprint density at radius 2 is 1.80 bits per heavy atom. The SMILES string of the molecule is Cc1cn(-c2ccccc2)c2ccc(I(C)(=O)O)cc12. The van der Waals surface area contributed by atoms with Crippen molar-refractivity contribution in [2.75, 3.05) is 4.93 Å². The first-order valence-corrected chi connectivity index (χ1v) is 11.4. The predicted molar refractivity (Wildman–Crippen MR) is 89.6 cm³/mol. The molecule has 3 aromatic rings. The van der Waals surface area contributed by atoms with Crippen molar-refractivity contribution in [3.05, 3.63) is 63.9 Å². The van der Waals surface area contributed by atoms with Gasteiger partial charge < -0.3 is 0 Å². The van der Waals surface area contributed by atoms with Crippen LogP contribution in [0.25, 0.3) is 16.6 Å². The summed E-state index contributed by atoms with van der Waals surface area (Å²) in [5.74, 6) is 0. The van der Waals surface area contributed by atoms with Crippen LogP contribution in [0.2, 0.25) is 0 Å². The molecule has 0 aliphatic carbocycles. The van der Waals surface area contributed by atoms with E-state index in [9.17, 15) is 6.51 Å². The standard InChI is InChI=1S/C16H16INO2/c1-12-11-18(14-6-4-3-5-7-14)16-9-8-13(10-15(12)16)17(2,19)20/h3-11H,1-2H3,(H,19,20). The molecule has 1 aromatic heterocycles. The summed E-state index contributed by atoms with van der Waals surface area (Å²) in [4.78, 5) is 1.44. The molecule has 0 aliphatic heterocycles. The van der Waals surface area contributed by atoms with E-state index in [0.29, 0.717) is 3.57 Å². The Balaban J connectivity index is 2.26. The van der Waals surface area contributed by atoms with Crippen LogP contribution in [0.15, 0.2) is 54.7 Å². The van der Waals surface area contributed by atoms with Crippen LogP contribution in [0.5, 0.6) is 0 Å². The third-order valence-corrected chi connectivity index (χ3v) is 6.39. The zero-order valence-electron chi connectivity index (χ0n) is 11.4. The molecule has 1 heterocycles. The number of para-hydroxylation sites is 1. The van der Waals surface area contributed by atoms with Gasteiger partial charge in [-0.2, -0.15) is 0 Å². The molecule has 20 heavy (non-hydrogen) atoms. The first-order valence-electron chi connectivity index (χ1n) is 6.28. The maximum atomic E-state index is 11.9. The van der Waals surface area contributed by atoms with Crippen molar-refractivity contribution in [2.24, 2.45) is 0 Å². The number of fused-ring (bicyclic) bond motifs is 1. The van der Waals surface area contributed by atoms with E-state index in [0.717, 1.165) is 22.2 Å². The molecule has 1 unspecified atom stereocenters. The van der Waals surface area contributed by atoms with E-state index >= 15 is 0 Å². The Kier molecular flexibility index (Phi) is 3.22. The maximum absolute atomic E-state index is 11.9. The van der Waals surface area contributed by atoms with Crippen molar-refractivity contribution in [2.45, 2.75) is 6.92 Å². The van der Waals surface area contributed by atoms with Gasteiger partial charge in [-0.15, -0.1) is 0 Å². The van der Waals surface area contributed by atoms with Crippen molar-refractivity contribution in [3.63, 3.8) is 0 Å². The third kappa shape index (κ3) is 2.29. The number of halogens is 1. The van der Waals surface area contributed by atoms with Crippen molar-refractivity contribution >= 4 is 29.7 Å². The first-order chi connectivity index (χ1) is 9.47. The molecular formula is C16H16INO2. The molecule has 0 saturated carbocycles. The van der Waals surface area contributed by atoms with Crippen LogP contribution in [0.4, 0.5) is 0 Å². The number of nitrogens with zero attached hydrogens (tertiary/aromatic N) is 1. The minimum atomic E-state index is -3.93. The molecule has 0 radical (unpaired) electrons. The fourth-order valence-corrected chi connectivity index (χ4v) is 4.12. The van der Waals surface area contributed by atoms with Gasteiger partial charge in [0.1, 0.15) is 0 Å². The Labute approximate surface area is 122 Å². The molecule has 1 atom stereocenters. The summed E-state index contributed by atoms with van der Waals surface area (Å²) >= 11 is -3.93. The number of rotatable bonds is 2. The molecule has 1 N–H and O–H groups in total. The van der Waals surface area contributed by atoms with Crippen molar-refractivity contribution in [3.8, 4) is 5.69 Å². The number of hydrogen-bond acceptors (Lipinski definition) is 1. The Bertz CT molecular complexity index is 815. The first kappa shape index (κ1) is 13.5. The molecule has 2 aromatic carbocycles. The molecule has 0 saturated heterocycles. The molecular weight excluding hydrogens is 365 g/mol. The second-order valence-corrected chi connectivity index (χ2v) is 10.4. The van der Waals surface area contributed by atoms with E-state index in [2.05, 4.69) is 10.8 Å². The van der Waals surface area contributed by atoms with E-state index in [4.69, 9.17) is 0 Å². The molecule has 3 nitrogen and oxygen atoms in total. The topological polar surface area (TPSA) is 42.2 Å². The summed E-state index contributed by atoms with van der Waals surface area (Å²) in [5.41, 5.74) is 3.26. The predicted octanol–water partition coefficient (Wildman–Crippen LogP) is 4.03. The van der Waals surface area contributed by atoms with Gasteiger partial charge in [0.05, 0.1) is 0 Å². The zero-order valence-corrected chi connectivity index (χ0v) is 13.5. The van der Waals surface area contributed by atoms with Gasteiger partial charge in [-0.1, -0.05) is 0 Å². The summed E-state index contributed by atoms with van der Waals surface area (Å²) in [7, 11) is 0. The summed E-state index contributed by atoms with van der Waals surface area (Å²) in [6.07, 6.45) is 2.06. The molecule has 4 heteroatoms. The number of alkyl halides is 1. The van der Waals surface area contributed by atoms with Gasteiger partial charge in [0.15, 0.2) is 0 Å². The van der Waals surface area contributed by atoms with E-state index < -0.39 is 18.8 Å². The molecule has 0 aliphatic rings. The average molecular weight is 381 g/mol. The molecule has 3 rings (SSSR count). The van der Waals surface area contributed by atoms with Gasteiger partial charge in [-0.3, -0.25) is 0 Å². The van der Waals surface area contributed by atoms with Crippen molar-refractivity contribution in [1.29, 1.82) is 0 Å². The van der Waals surface area contributed by atoms with Gasteiger partial charge in [-0.05, 0) is 0 Å². The Morgan fingerprint density at radius 3 is 2.45 bits per heavy atom. The van der Waals surface area contributed by atoms with Gasteiger partial charge in [-0.25, -0.2) is 0 Å². The summed E-state index contributed by atoms with van der Waals surface area (Å²) < 4.78 is 24.3. The van der Waals surface area contributed by atoms with Gasteiger partial charge in [0, 0.05) is 0 Å². The zero-order chi connectivity index (χ0) is 14.3. The normalized spacial score (nSPS) is 15.9. The van der Waals surface area contributed by atoms with Gasteiger partial charge in [0.25, 0.3) is 0 Å². The fraction of sp³-hybridized carbons (Fsp3) is 0.125. The fourth-order valence-electron chi connectivity index (χ4n) is 2.39. The number of benzene rings is 2. The second kappa shape index (κ2) is 4.79. The number of hydrogen-bond donors (Lipinski definition) is 1.